The average Bonchev–Trinajstić information content (AvgIpc) is 2.54. The van der Waals surface area contributed by atoms with Crippen LogP contribution in [0.5, 0.6) is 0 Å². The minimum absolute atomic E-state index is 0.0141. The molecule has 0 unspecified atom stereocenters. The third kappa shape index (κ3) is 3.54. The van der Waals surface area contributed by atoms with Crippen molar-refractivity contribution in [2.75, 3.05) is 11.4 Å². The van der Waals surface area contributed by atoms with Gasteiger partial charge < -0.3 is 0 Å². The van der Waals surface area contributed by atoms with Crippen molar-refractivity contribution in [3.05, 3.63) is 67.2 Å². The van der Waals surface area contributed by atoms with Crippen molar-refractivity contribution in [1.82, 2.24) is 0 Å². The molecule has 0 aromatic heterocycles. The molecule has 0 saturated heterocycles. The van der Waals surface area contributed by atoms with Crippen LogP contribution in [0.15, 0.2) is 41.3 Å². The van der Waals surface area contributed by atoms with Crippen LogP contribution in [0.1, 0.15) is 5.56 Å². The highest BCUT2D eigenvalue weighted by atomic mass is 35.5. The number of nitrogens with zero attached hydrogens (tertiary/aromatic N) is 3. The lowest BCUT2D eigenvalue weighted by atomic mass is 10.2. The van der Waals surface area contributed by atoms with Gasteiger partial charge in [0.1, 0.15) is 0 Å². The number of nitro groups is 2. The van der Waals surface area contributed by atoms with Crippen LogP contribution in [-0.2, 0) is 10.0 Å². The summed E-state index contributed by atoms with van der Waals surface area (Å²) in [5.74, 6) is 0. The zero-order valence-electron chi connectivity index (χ0n) is 13.0. The van der Waals surface area contributed by atoms with E-state index in [1.807, 2.05) is 0 Å². The number of non-ortho nitro benzene ring substituents is 2. The number of hydrogen-bond acceptors (Lipinski definition) is 6. The number of aryl methyl sites for hydroxylation is 1. The number of halogens is 1. The lowest BCUT2D eigenvalue weighted by Crippen LogP contribution is -2.27. The van der Waals surface area contributed by atoms with Gasteiger partial charge in [0.15, 0.2) is 0 Å². The third-order valence-electron chi connectivity index (χ3n) is 3.50. The highest BCUT2D eigenvalue weighted by Gasteiger charge is 2.28. The molecule has 0 N–H and O–H groups in total. The summed E-state index contributed by atoms with van der Waals surface area (Å²) < 4.78 is 26.4. The smallest absolute Gasteiger partial charge is 0.268 e. The first-order valence-electron chi connectivity index (χ1n) is 6.73. The molecule has 132 valence electrons. The van der Waals surface area contributed by atoms with Crippen LogP contribution in [0.25, 0.3) is 0 Å². The molecule has 0 radical (unpaired) electrons. The van der Waals surface area contributed by atoms with E-state index in [1.54, 1.807) is 0 Å². The Kier molecular flexibility index (Phi) is 4.95. The van der Waals surface area contributed by atoms with Crippen LogP contribution < -0.4 is 4.31 Å². The maximum Gasteiger partial charge on any atom is 0.271 e. The van der Waals surface area contributed by atoms with E-state index in [4.69, 9.17) is 11.6 Å². The molecule has 0 spiro atoms. The van der Waals surface area contributed by atoms with E-state index < -0.39 is 19.9 Å². The van der Waals surface area contributed by atoms with Crippen molar-refractivity contribution in [2.24, 2.45) is 0 Å². The van der Waals surface area contributed by atoms with Gasteiger partial charge in [0.05, 0.1) is 25.5 Å². The first kappa shape index (κ1) is 18.6. The highest BCUT2D eigenvalue weighted by Crippen LogP contribution is 2.34. The zero-order valence-corrected chi connectivity index (χ0v) is 14.6. The predicted molar refractivity (Wildman–Crippen MR) is 91.5 cm³/mol. The van der Waals surface area contributed by atoms with Gasteiger partial charge in [0.2, 0.25) is 0 Å². The average molecular weight is 386 g/mol. The largest absolute Gasteiger partial charge is 0.271 e. The zero-order chi connectivity index (χ0) is 18.9. The fourth-order valence-electron chi connectivity index (χ4n) is 2.11. The van der Waals surface area contributed by atoms with Crippen molar-refractivity contribution in [1.29, 1.82) is 0 Å². The van der Waals surface area contributed by atoms with Crippen molar-refractivity contribution in [3.63, 3.8) is 0 Å². The topological polar surface area (TPSA) is 124 Å². The summed E-state index contributed by atoms with van der Waals surface area (Å²) in [6.07, 6.45) is 0. The van der Waals surface area contributed by atoms with E-state index in [0.29, 0.717) is 5.56 Å². The van der Waals surface area contributed by atoms with Gasteiger partial charge in [-0.3, -0.25) is 24.5 Å². The predicted octanol–water partition coefficient (Wildman–Crippen LogP) is 3.29. The van der Waals surface area contributed by atoms with Crippen molar-refractivity contribution >= 4 is 38.7 Å². The molecule has 0 aliphatic carbocycles. The van der Waals surface area contributed by atoms with Gasteiger partial charge in [-0.05, 0) is 18.6 Å². The number of rotatable bonds is 5. The second-order valence-electron chi connectivity index (χ2n) is 5.07. The van der Waals surface area contributed by atoms with E-state index in [2.05, 4.69) is 0 Å². The van der Waals surface area contributed by atoms with Gasteiger partial charge in [0, 0.05) is 31.3 Å². The van der Waals surface area contributed by atoms with Gasteiger partial charge >= 0.3 is 0 Å². The molecular formula is C14H12ClN3O6S. The Bertz CT molecular complexity index is 977. The van der Waals surface area contributed by atoms with Gasteiger partial charge in [0.25, 0.3) is 21.4 Å². The van der Waals surface area contributed by atoms with Crippen LogP contribution in [0, 0.1) is 27.2 Å². The van der Waals surface area contributed by atoms with Gasteiger partial charge in [-0.25, -0.2) is 8.42 Å². The maximum absolute atomic E-state index is 12.8. The number of hydrogen-bond donors (Lipinski definition) is 0. The van der Waals surface area contributed by atoms with E-state index in [-0.39, 0.29) is 27.0 Å². The number of nitro benzene ring substituents is 2. The molecule has 0 saturated carbocycles. The number of anilines is 1. The van der Waals surface area contributed by atoms with Crippen molar-refractivity contribution in [3.8, 4) is 0 Å². The molecule has 25 heavy (non-hydrogen) atoms. The summed E-state index contributed by atoms with van der Waals surface area (Å²) in [5, 5.41) is 21.8. The van der Waals surface area contributed by atoms with Crippen LogP contribution in [0.3, 0.4) is 0 Å². The molecule has 9 nitrogen and oxygen atoms in total. The minimum Gasteiger partial charge on any atom is -0.268 e. The molecule has 0 aliphatic heterocycles. The second kappa shape index (κ2) is 6.65. The maximum atomic E-state index is 12.8. The summed E-state index contributed by atoms with van der Waals surface area (Å²) in [7, 11) is -3.06. The van der Waals surface area contributed by atoms with Gasteiger partial charge in [-0.15, -0.1) is 0 Å². The lowest BCUT2D eigenvalue weighted by molar-refractivity contribution is -0.385. The first-order chi connectivity index (χ1) is 11.6. The standard InChI is InChI=1S/C14H12ClN3O6S/c1-9-3-4-11(18(21)22)8-14(9)25(23,24)16(2)13-7-10(17(19)20)5-6-12(13)15/h3-8H,1-2H3. The third-order valence-corrected chi connectivity index (χ3v) is 5.73. The van der Waals surface area contributed by atoms with E-state index >= 15 is 0 Å². The molecule has 0 bridgehead atoms. The fraction of sp³-hybridized carbons (Fsp3) is 0.143. The van der Waals surface area contributed by atoms with Crippen molar-refractivity contribution in [2.45, 2.75) is 11.8 Å². The van der Waals surface area contributed by atoms with Crippen LogP contribution in [0.4, 0.5) is 17.1 Å². The molecular weight excluding hydrogens is 374 g/mol. The number of benzene rings is 2. The minimum atomic E-state index is -4.22. The highest BCUT2D eigenvalue weighted by molar-refractivity contribution is 7.92. The SMILES string of the molecule is Cc1ccc([N+](=O)[O-])cc1S(=O)(=O)N(C)c1cc([N+](=O)[O-])ccc1Cl. The normalized spacial score (nSPS) is 11.2. The fourth-order valence-corrected chi connectivity index (χ4v) is 3.86. The van der Waals surface area contributed by atoms with E-state index in [9.17, 15) is 28.6 Å². The lowest BCUT2D eigenvalue weighted by Gasteiger charge is -2.21. The Balaban J connectivity index is 2.61. The Morgan fingerprint density at radius 2 is 1.52 bits per heavy atom. The summed E-state index contributed by atoms with van der Waals surface area (Å²) >= 11 is 5.97. The molecule has 2 aromatic carbocycles. The van der Waals surface area contributed by atoms with E-state index in [0.717, 1.165) is 22.5 Å². The van der Waals surface area contributed by atoms with Crippen molar-refractivity contribution < 1.29 is 18.3 Å². The van der Waals surface area contributed by atoms with E-state index in [1.165, 1.54) is 32.2 Å². The molecule has 0 fully saturated rings. The summed E-state index contributed by atoms with van der Waals surface area (Å²) in [6, 6.07) is 6.81. The summed E-state index contributed by atoms with van der Waals surface area (Å²) in [5.41, 5.74) is -0.541. The summed E-state index contributed by atoms with van der Waals surface area (Å²) in [6.45, 7) is 1.49. The molecule has 2 aromatic rings. The Labute approximate surface area is 147 Å². The van der Waals surface area contributed by atoms with Gasteiger partial charge in [-0.2, -0.15) is 0 Å². The Hall–Kier alpha value is -2.72. The van der Waals surface area contributed by atoms with Crippen LogP contribution >= 0.6 is 11.6 Å². The summed E-state index contributed by atoms with van der Waals surface area (Å²) in [4.78, 5) is 20.1. The van der Waals surface area contributed by atoms with Crippen LogP contribution in [0.2, 0.25) is 5.02 Å². The molecule has 0 heterocycles. The first-order valence-corrected chi connectivity index (χ1v) is 8.55. The molecule has 0 amide bonds. The molecule has 0 aliphatic rings. The van der Waals surface area contributed by atoms with Gasteiger partial charge in [-0.1, -0.05) is 17.7 Å². The quantitative estimate of drug-likeness (QED) is 0.574. The Morgan fingerprint density at radius 3 is 2.08 bits per heavy atom. The Morgan fingerprint density at radius 1 is 1.00 bits per heavy atom. The monoisotopic (exact) mass is 385 g/mol. The molecule has 2 rings (SSSR count). The number of sulfonamides is 1. The molecule has 11 heteroatoms. The molecule has 0 atom stereocenters. The van der Waals surface area contributed by atoms with Crippen LogP contribution in [-0.4, -0.2) is 25.3 Å². The second-order valence-corrected chi connectivity index (χ2v) is 7.42.